The van der Waals surface area contributed by atoms with Gasteiger partial charge in [-0.15, -0.1) is 11.6 Å². The van der Waals surface area contributed by atoms with Crippen molar-refractivity contribution in [1.82, 2.24) is 5.32 Å². The number of carbonyl (C=O) groups excluding carboxylic acids is 1. The van der Waals surface area contributed by atoms with Crippen LogP contribution in [0.4, 0.5) is 0 Å². The van der Waals surface area contributed by atoms with E-state index in [0.717, 1.165) is 22.8 Å². The summed E-state index contributed by atoms with van der Waals surface area (Å²) in [5.41, 5.74) is 0.615. The van der Waals surface area contributed by atoms with E-state index in [1.807, 2.05) is 12.1 Å². The van der Waals surface area contributed by atoms with Gasteiger partial charge in [-0.1, -0.05) is 24.4 Å². The van der Waals surface area contributed by atoms with E-state index in [0.29, 0.717) is 22.4 Å². The van der Waals surface area contributed by atoms with Gasteiger partial charge in [-0.25, -0.2) is 0 Å². The summed E-state index contributed by atoms with van der Waals surface area (Å²) in [5, 5.41) is 3.71. The first kappa shape index (κ1) is 15.4. The van der Waals surface area contributed by atoms with E-state index >= 15 is 0 Å². The van der Waals surface area contributed by atoms with Gasteiger partial charge in [0.15, 0.2) is 0 Å². The number of halogens is 3. The smallest absolute Gasteiger partial charge is 0.251 e. The van der Waals surface area contributed by atoms with Gasteiger partial charge >= 0.3 is 0 Å². The SMILES string of the molecule is O=C(NC1CCCCC1CCl)c1ccc(I)c(Cl)c1. The van der Waals surface area contributed by atoms with Crippen molar-refractivity contribution < 1.29 is 4.79 Å². The van der Waals surface area contributed by atoms with Crippen molar-refractivity contribution in [3.63, 3.8) is 0 Å². The Bertz CT molecular complexity index is 467. The molecule has 1 N–H and O–H groups in total. The Kier molecular flexibility index (Phi) is 5.78. The maximum absolute atomic E-state index is 12.2. The van der Waals surface area contributed by atoms with Gasteiger partial charge < -0.3 is 5.32 Å². The minimum Gasteiger partial charge on any atom is -0.349 e. The van der Waals surface area contributed by atoms with Gasteiger partial charge in [-0.05, 0) is 59.5 Å². The molecule has 2 nitrogen and oxygen atoms in total. The van der Waals surface area contributed by atoms with Crippen LogP contribution in [0.15, 0.2) is 18.2 Å². The van der Waals surface area contributed by atoms with Crippen LogP contribution >= 0.6 is 45.8 Å². The van der Waals surface area contributed by atoms with Crippen LogP contribution in [-0.2, 0) is 0 Å². The highest BCUT2D eigenvalue weighted by atomic mass is 127. The number of hydrogen-bond acceptors (Lipinski definition) is 1. The van der Waals surface area contributed by atoms with Crippen LogP contribution in [0.5, 0.6) is 0 Å². The predicted octanol–water partition coefficient (Wildman–Crippen LogP) is 4.47. The van der Waals surface area contributed by atoms with Crippen molar-refractivity contribution in [2.75, 3.05) is 5.88 Å². The standard InChI is InChI=1S/C14H16Cl2INO/c15-8-10-3-1-2-4-13(10)18-14(19)9-5-6-12(17)11(16)7-9/h5-7,10,13H,1-4,8H2,(H,18,19). The summed E-state index contributed by atoms with van der Waals surface area (Å²) in [6, 6.07) is 5.58. The number of nitrogens with one attached hydrogen (secondary N) is 1. The van der Waals surface area contributed by atoms with E-state index in [2.05, 4.69) is 27.9 Å². The van der Waals surface area contributed by atoms with E-state index < -0.39 is 0 Å². The van der Waals surface area contributed by atoms with Crippen molar-refractivity contribution in [3.05, 3.63) is 32.4 Å². The van der Waals surface area contributed by atoms with Crippen LogP contribution in [0.25, 0.3) is 0 Å². The fourth-order valence-electron chi connectivity index (χ4n) is 2.47. The minimum absolute atomic E-state index is 0.0553. The van der Waals surface area contributed by atoms with Crippen molar-refractivity contribution in [2.24, 2.45) is 5.92 Å². The van der Waals surface area contributed by atoms with Gasteiger partial charge in [-0.3, -0.25) is 4.79 Å². The second-order valence-electron chi connectivity index (χ2n) is 4.91. The van der Waals surface area contributed by atoms with Gasteiger partial charge in [0.2, 0.25) is 0 Å². The van der Waals surface area contributed by atoms with Crippen LogP contribution < -0.4 is 5.32 Å². The molecule has 0 bridgehead atoms. The summed E-state index contributed by atoms with van der Waals surface area (Å²) >= 11 is 14.2. The quantitative estimate of drug-likeness (QED) is 0.576. The number of amides is 1. The van der Waals surface area contributed by atoms with Crippen LogP contribution in [-0.4, -0.2) is 17.8 Å². The normalized spacial score (nSPS) is 23.1. The molecule has 1 aliphatic carbocycles. The van der Waals surface area contributed by atoms with Gasteiger partial charge in [-0.2, -0.15) is 0 Å². The second-order valence-corrected chi connectivity index (χ2v) is 6.79. The first-order valence-electron chi connectivity index (χ1n) is 6.43. The third-order valence-corrected chi connectivity index (χ3v) is 5.57. The first-order valence-corrected chi connectivity index (χ1v) is 8.43. The Labute approximate surface area is 137 Å². The molecule has 5 heteroatoms. The minimum atomic E-state index is -0.0553. The van der Waals surface area contributed by atoms with Gasteiger partial charge in [0.25, 0.3) is 5.91 Å². The summed E-state index contributed by atoms with van der Waals surface area (Å²) in [6.45, 7) is 0. The summed E-state index contributed by atoms with van der Waals surface area (Å²) in [7, 11) is 0. The van der Waals surface area contributed by atoms with Crippen LogP contribution in [0.2, 0.25) is 5.02 Å². The molecule has 19 heavy (non-hydrogen) atoms. The lowest BCUT2D eigenvalue weighted by atomic mass is 9.85. The Morgan fingerprint density at radius 1 is 1.37 bits per heavy atom. The molecule has 0 heterocycles. The highest BCUT2D eigenvalue weighted by Crippen LogP contribution is 2.26. The molecule has 1 saturated carbocycles. The van der Waals surface area contributed by atoms with E-state index in [4.69, 9.17) is 23.2 Å². The summed E-state index contributed by atoms with van der Waals surface area (Å²) < 4.78 is 0.951. The molecule has 2 rings (SSSR count). The van der Waals surface area contributed by atoms with Gasteiger partial charge in [0.05, 0.1) is 5.02 Å². The largest absolute Gasteiger partial charge is 0.349 e. The fourth-order valence-corrected chi connectivity index (χ4v) is 3.36. The lowest BCUT2D eigenvalue weighted by Gasteiger charge is -2.30. The molecule has 0 aliphatic heterocycles. The maximum Gasteiger partial charge on any atom is 0.251 e. The Balaban J connectivity index is 2.05. The lowest BCUT2D eigenvalue weighted by molar-refractivity contribution is 0.0911. The maximum atomic E-state index is 12.2. The van der Waals surface area contributed by atoms with Gasteiger partial charge in [0, 0.05) is 21.1 Å². The third-order valence-electron chi connectivity index (χ3n) is 3.61. The molecule has 0 spiro atoms. The molecule has 1 amide bonds. The van der Waals surface area contributed by atoms with Gasteiger partial charge in [0.1, 0.15) is 0 Å². The molecular formula is C14H16Cl2INO. The molecule has 0 radical (unpaired) electrons. The highest BCUT2D eigenvalue weighted by Gasteiger charge is 2.26. The van der Waals surface area contributed by atoms with E-state index in [9.17, 15) is 4.79 Å². The number of carbonyl (C=O) groups is 1. The van der Waals surface area contributed by atoms with E-state index in [1.54, 1.807) is 6.07 Å². The third kappa shape index (κ3) is 3.99. The number of benzene rings is 1. The number of alkyl halides is 1. The average molecular weight is 412 g/mol. The van der Waals surface area contributed by atoms with Crippen molar-refractivity contribution in [2.45, 2.75) is 31.7 Å². The first-order chi connectivity index (χ1) is 9.11. The van der Waals surface area contributed by atoms with E-state index in [1.165, 1.54) is 6.42 Å². The molecule has 0 aromatic heterocycles. The Morgan fingerprint density at radius 2 is 2.11 bits per heavy atom. The Hall–Kier alpha value is -0.0000000000000000555. The van der Waals surface area contributed by atoms with Crippen LogP contribution in [0.1, 0.15) is 36.0 Å². The second kappa shape index (κ2) is 7.14. The number of hydrogen-bond donors (Lipinski definition) is 1. The van der Waals surface area contributed by atoms with E-state index in [-0.39, 0.29) is 11.9 Å². The molecule has 1 fully saturated rings. The molecule has 1 aromatic carbocycles. The number of rotatable bonds is 3. The van der Waals surface area contributed by atoms with Crippen LogP contribution in [0.3, 0.4) is 0 Å². The average Bonchev–Trinajstić information content (AvgIpc) is 2.42. The Morgan fingerprint density at radius 3 is 2.79 bits per heavy atom. The topological polar surface area (TPSA) is 29.1 Å². The summed E-state index contributed by atoms with van der Waals surface area (Å²) in [4.78, 5) is 12.2. The molecule has 1 aliphatic rings. The molecule has 104 valence electrons. The van der Waals surface area contributed by atoms with Crippen molar-refractivity contribution in [1.29, 1.82) is 0 Å². The zero-order valence-electron chi connectivity index (χ0n) is 10.5. The lowest BCUT2D eigenvalue weighted by Crippen LogP contribution is -2.42. The summed E-state index contributed by atoms with van der Waals surface area (Å²) in [5.74, 6) is 0.942. The summed E-state index contributed by atoms with van der Waals surface area (Å²) in [6.07, 6.45) is 4.48. The molecule has 0 saturated heterocycles. The zero-order valence-corrected chi connectivity index (χ0v) is 14.1. The zero-order chi connectivity index (χ0) is 13.8. The fraction of sp³-hybridized carbons (Fsp3) is 0.500. The van der Waals surface area contributed by atoms with Crippen molar-refractivity contribution in [3.8, 4) is 0 Å². The van der Waals surface area contributed by atoms with Crippen LogP contribution in [0, 0.1) is 9.49 Å². The monoisotopic (exact) mass is 411 g/mol. The van der Waals surface area contributed by atoms with Crippen molar-refractivity contribution >= 4 is 51.7 Å². The predicted molar refractivity (Wildman–Crippen MR) is 88.1 cm³/mol. The molecule has 2 atom stereocenters. The molecule has 1 aromatic rings. The highest BCUT2D eigenvalue weighted by molar-refractivity contribution is 14.1. The molecular weight excluding hydrogens is 396 g/mol. The molecule has 2 unspecified atom stereocenters.